The molecule has 2 aliphatic heterocycles. The first kappa shape index (κ1) is 18.7. The summed E-state index contributed by atoms with van der Waals surface area (Å²) in [6.45, 7) is 8.04. The van der Waals surface area contributed by atoms with E-state index in [1.807, 2.05) is 30.0 Å². The number of carbonyl (C=O) groups is 2. The molecule has 0 radical (unpaired) electrons. The predicted octanol–water partition coefficient (Wildman–Crippen LogP) is 2.21. The molecule has 0 aliphatic carbocycles. The average Bonchev–Trinajstić information content (AvgIpc) is 2.93. The van der Waals surface area contributed by atoms with Gasteiger partial charge in [0, 0.05) is 39.0 Å². The summed E-state index contributed by atoms with van der Waals surface area (Å²) in [5, 5.41) is 2.83. The van der Waals surface area contributed by atoms with Gasteiger partial charge in [0.05, 0.1) is 13.1 Å². The number of ether oxygens (including phenoxy) is 1. The number of piperidine rings is 1. The van der Waals surface area contributed by atoms with Crippen LogP contribution in [0.25, 0.3) is 0 Å². The molecule has 2 saturated heterocycles. The molecule has 6 nitrogen and oxygen atoms in total. The Morgan fingerprint density at radius 2 is 1.96 bits per heavy atom. The van der Waals surface area contributed by atoms with Crippen molar-refractivity contribution in [3.05, 3.63) is 35.9 Å². The molecule has 1 atom stereocenters. The van der Waals surface area contributed by atoms with Gasteiger partial charge >= 0.3 is 6.09 Å². The van der Waals surface area contributed by atoms with Crippen LogP contribution in [0.2, 0.25) is 0 Å². The van der Waals surface area contributed by atoms with E-state index in [0.717, 1.165) is 25.9 Å². The molecule has 0 unspecified atom stereocenters. The van der Waals surface area contributed by atoms with Crippen molar-refractivity contribution in [2.45, 2.75) is 38.2 Å². The van der Waals surface area contributed by atoms with E-state index in [0.29, 0.717) is 26.2 Å². The van der Waals surface area contributed by atoms with E-state index >= 15 is 0 Å². The van der Waals surface area contributed by atoms with Gasteiger partial charge < -0.3 is 15.0 Å². The monoisotopic (exact) mass is 359 g/mol. The number of rotatable bonds is 6. The van der Waals surface area contributed by atoms with Crippen molar-refractivity contribution in [1.82, 2.24) is 15.1 Å². The molecule has 1 aromatic rings. The summed E-state index contributed by atoms with van der Waals surface area (Å²) < 4.78 is 5.80. The number of likely N-dealkylation sites (tertiary alicyclic amines) is 1. The van der Waals surface area contributed by atoms with E-state index in [4.69, 9.17) is 4.74 Å². The average molecular weight is 359 g/mol. The number of likely N-dealkylation sites (N-methyl/N-ethyl adjacent to an activating group) is 1. The molecule has 2 aliphatic rings. The van der Waals surface area contributed by atoms with E-state index in [9.17, 15) is 9.59 Å². The van der Waals surface area contributed by atoms with Crippen LogP contribution in [0, 0.1) is 0 Å². The third-order valence-electron chi connectivity index (χ3n) is 5.41. The molecule has 6 heteroatoms. The van der Waals surface area contributed by atoms with Crippen LogP contribution in [0.15, 0.2) is 30.3 Å². The van der Waals surface area contributed by atoms with Crippen LogP contribution in [0.5, 0.6) is 0 Å². The molecule has 2 fully saturated rings. The lowest BCUT2D eigenvalue weighted by molar-refractivity contribution is -0.123. The largest absolute Gasteiger partial charge is 0.441 e. The van der Waals surface area contributed by atoms with E-state index in [1.165, 1.54) is 5.56 Å². The first-order valence-corrected chi connectivity index (χ1v) is 9.53. The predicted molar refractivity (Wildman–Crippen MR) is 100.0 cm³/mol. The van der Waals surface area contributed by atoms with Crippen molar-refractivity contribution in [2.75, 3.05) is 39.3 Å². The quantitative estimate of drug-likeness (QED) is 0.846. The summed E-state index contributed by atoms with van der Waals surface area (Å²) in [6.07, 6.45) is 1.37. The summed E-state index contributed by atoms with van der Waals surface area (Å²) in [4.78, 5) is 28.1. The lowest BCUT2D eigenvalue weighted by Gasteiger charge is -2.37. The van der Waals surface area contributed by atoms with Crippen molar-refractivity contribution in [2.24, 2.45) is 0 Å². The molecule has 26 heavy (non-hydrogen) atoms. The standard InChI is InChI=1S/C20H29N3O3/c1-3-21-18(24)14-22-11-9-20(10-12-22)15-23(19(25)26-20)13-16(2)17-7-5-4-6-8-17/h4-8,16H,3,9-15H2,1-2H3,(H,21,24)/t16-/m1/s1. The summed E-state index contributed by atoms with van der Waals surface area (Å²) in [6, 6.07) is 10.3. The van der Waals surface area contributed by atoms with Crippen molar-refractivity contribution in [1.29, 1.82) is 0 Å². The van der Waals surface area contributed by atoms with Crippen molar-refractivity contribution in [3.63, 3.8) is 0 Å². The lowest BCUT2D eigenvalue weighted by atomic mass is 9.91. The summed E-state index contributed by atoms with van der Waals surface area (Å²) in [5.74, 6) is 0.335. The molecule has 1 spiro atoms. The first-order chi connectivity index (χ1) is 12.5. The van der Waals surface area contributed by atoms with E-state index in [1.54, 1.807) is 0 Å². The maximum Gasteiger partial charge on any atom is 0.410 e. The molecule has 1 aromatic carbocycles. The summed E-state index contributed by atoms with van der Waals surface area (Å²) in [5.41, 5.74) is 0.851. The molecule has 0 saturated carbocycles. The maximum atomic E-state index is 12.4. The number of nitrogens with one attached hydrogen (secondary N) is 1. The van der Waals surface area contributed by atoms with E-state index < -0.39 is 0 Å². The minimum atomic E-state index is -0.384. The third kappa shape index (κ3) is 4.36. The summed E-state index contributed by atoms with van der Waals surface area (Å²) in [7, 11) is 0. The van der Waals surface area contributed by atoms with Gasteiger partial charge in [-0.15, -0.1) is 0 Å². The second kappa shape index (κ2) is 8.08. The molecular weight excluding hydrogens is 330 g/mol. The molecule has 2 amide bonds. The Morgan fingerprint density at radius 3 is 2.62 bits per heavy atom. The minimum Gasteiger partial charge on any atom is -0.441 e. The van der Waals surface area contributed by atoms with Crippen LogP contribution in [0.3, 0.4) is 0 Å². The number of hydrogen-bond acceptors (Lipinski definition) is 4. The molecule has 0 bridgehead atoms. The van der Waals surface area contributed by atoms with Gasteiger partial charge in [-0.25, -0.2) is 4.79 Å². The van der Waals surface area contributed by atoms with E-state index in [-0.39, 0.29) is 23.5 Å². The Balaban J connectivity index is 1.52. The van der Waals surface area contributed by atoms with Gasteiger partial charge in [0.15, 0.2) is 0 Å². The number of carbonyl (C=O) groups excluding carboxylic acids is 2. The molecule has 1 N–H and O–H groups in total. The fraction of sp³-hybridized carbons (Fsp3) is 0.600. The SMILES string of the molecule is CCNC(=O)CN1CCC2(CC1)CN(C[C@@H](C)c1ccccc1)C(=O)O2. The zero-order valence-corrected chi connectivity index (χ0v) is 15.7. The number of benzene rings is 1. The van der Waals surface area contributed by atoms with Gasteiger partial charge in [-0.05, 0) is 18.4 Å². The minimum absolute atomic E-state index is 0.0604. The van der Waals surface area contributed by atoms with Gasteiger partial charge in [-0.2, -0.15) is 0 Å². The second-order valence-corrected chi connectivity index (χ2v) is 7.47. The van der Waals surface area contributed by atoms with Gasteiger partial charge in [-0.3, -0.25) is 9.69 Å². The Hall–Kier alpha value is -2.08. The van der Waals surface area contributed by atoms with Crippen LogP contribution >= 0.6 is 0 Å². The van der Waals surface area contributed by atoms with Crippen LogP contribution < -0.4 is 5.32 Å². The smallest absolute Gasteiger partial charge is 0.410 e. The molecule has 142 valence electrons. The maximum absolute atomic E-state index is 12.4. The van der Waals surface area contributed by atoms with Gasteiger partial charge in [-0.1, -0.05) is 37.3 Å². The highest BCUT2D eigenvalue weighted by Gasteiger charge is 2.47. The normalized spacial score (nSPS) is 20.8. The first-order valence-electron chi connectivity index (χ1n) is 9.53. The van der Waals surface area contributed by atoms with E-state index in [2.05, 4.69) is 29.3 Å². The third-order valence-corrected chi connectivity index (χ3v) is 5.41. The van der Waals surface area contributed by atoms with Gasteiger partial charge in [0.1, 0.15) is 5.60 Å². The van der Waals surface area contributed by atoms with Crippen LogP contribution in [0.4, 0.5) is 4.79 Å². The van der Waals surface area contributed by atoms with Crippen molar-refractivity contribution >= 4 is 12.0 Å². The van der Waals surface area contributed by atoms with Crippen LogP contribution in [-0.2, 0) is 9.53 Å². The Labute approximate surface area is 155 Å². The zero-order chi connectivity index (χ0) is 18.6. The topological polar surface area (TPSA) is 61.9 Å². The van der Waals surface area contributed by atoms with Gasteiger partial charge in [0.2, 0.25) is 5.91 Å². The fourth-order valence-corrected chi connectivity index (χ4v) is 3.89. The van der Waals surface area contributed by atoms with Crippen LogP contribution in [-0.4, -0.2) is 66.7 Å². The Kier molecular flexibility index (Phi) is 5.81. The lowest BCUT2D eigenvalue weighted by Crippen LogP contribution is -2.49. The molecule has 0 aromatic heterocycles. The Morgan fingerprint density at radius 1 is 1.27 bits per heavy atom. The number of hydrogen-bond donors (Lipinski definition) is 1. The van der Waals surface area contributed by atoms with Crippen LogP contribution in [0.1, 0.15) is 38.2 Å². The zero-order valence-electron chi connectivity index (χ0n) is 15.7. The highest BCUT2D eigenvalue weighted by atomic mass is 16.6. The van der Waals surface area contributed by atoms with Crippen molar-refractivity contribution in [3.8, 4) is 0 Å². The molecular formula is C20H29N3O3. The Bertz CT molecular complexity index is 626. The highest BCUT2D eigenvalue weighted by Crippen LogP contribution is 2.34. The second-order valence-electron chi connectivity index (χ2n) is 7.47. The van der Waals surface area contributed by atoms with Gasteiger partial charge in [0.25, 0.3) is 0 Å². The number of amides is 2. The fourth-order valence-electron chi connectivity index (χ4n) is 3.89. The molecule has 3 rings (SSSR count). The molecule has 2 heterocycles. The van der Waals surface area contributed by atoms with Crippen molar-refractivity contribution < 1.29 is 14.3 Å². The highest BCUT2D eigenvalue weighted by molar-refractivity contribution is 5.78. The summed E-state index contributed by atoms with van der Waals surface area (Å²) >= 11 is 0. The number of nitrogens with zero attached hydrogens (tertiary/aromatic N) is 2.